The molecule has 3 heteroatoms. The third-order valence-corrected chi connectivity index (χ3v) is 3.20. The Labute approximate surface area is 86.2 Å². The van der Waals surface area contributed by atoms with Crippen molar-refractivity contribution in [3.05, 3.63) is 0 Å². The van der Waals surface area contributed by atoms with E-state index in [0.717, 1.165) is 38.8 Å². The monoisotopic (exact) mass is 199 g/mol. The lowest BCUT2D eigenvalue weighted by Crippen LogP contribution is -2.41. The molecule has 2 fully saturated rings. The molecule has 2 rings (SSSR count). The highest BCUT2D eigenvalue weighted by Crippen LogP contribution is 2.29. The number of hydrogen-bond donors (Lipinski definition) is 1. The normalized spacial score (nSPS) is 28.7. The van der Waals surface area contributed by atoms with Crippen LogP contribution in [0.1, 0.15) is 25.7 Å². The van der Waals surface area contributed by atoms with Crippen LogP contribution in [0.4, 0.5) is 0 Å². The Kier molecular flexibility index (Phi) is 4.22. The van der Waals surface area contributed by atoms with Gasteiger partial charge in [0, 0.05) is 19.7 Å². The summed E-state index contributed by atoms with van der Waals surface area (Å²) in [7, 11) is 0. The van der Waals surface area contributed by atoms with Gasteiger partial charge in [0.25, 0.3) is 0 Å². The minimum Gasteiger partial charge on any atom is -0.379 e. The summed E-state index contributed by atoms with van der Waals surface area (Å²) < 4.78 is 11.2. The fourth-order valence-corrected chi connectivity index (χ4v) is 1.97. The van der Waals surface area contributed by atoms with Crippen molar-refractivity contribution >= 4 is 0 Å². The Bertz CT molecular complexity index is 153. The first-order chi connectivity index (χ1) is 6.95. The van der Waals surface area contributed by atoms with Crippen molar-refractivity contribution in [1.82, 2.24) is 5.32 Å². The second kappa shape index (κ2) is 5.69. The van der Waals surface area contributed by atoms with Gasteiger partial charge in [0.2, 0.25) is 0 Å². The minimum absolute atomic E-state index is 0.283. The van der Waals surface area contributed by atoms with Gasteiger partial charge in [0.1, 0.15) is 0 Å². The van der Waals surface area contributed by atoms with Crippen molar-refractivity contribution in [2.75, 3.05) is 32.9 Å². The quantitative estimate of drug-likeness (QED) is 0.674. The van der Waals surface area contributed by atoms with E-state index in [0.29, 0.717) is 0 Å². The van der Waals surface area contributed by atoms with Crippen LogP contribution in [0.3, 0.4) is 0 Å². The van der Waals surface area contributed by atoms with Crippen molar-refractivity contribution in [3.63, 3.8) is 0 Å². The van der Waals surface area contributed by atoms with Crippen molar-refractivity contribution in [2.45, 2.75) is 31.8 Å². The SMILES string of the molecule is C1CC(CCOCC2CNCCO2)C1. The highest BCUT2D eigenvalue weighted by Gasteiger charge is 2.17. The van der Waals surface area contributed by atoms with E-state index in [9.17, 15) is 0 Å². The average Bonchev–Trinajstić information content (AvgIpc) is 2.16. The average molecular weight is 199 g/mol. The molecule has 1 unspecified atom stereocenters. The van der Waals surface area contributed by atoms with Crippen LogP contribution in [0.15, 0.2) is 0 Å². The summed E-state index contributed by atoms with van der Waals surface area (Å²) in [5, 5.41) is 3.30. The van der Waals surface area contributed by atoms with Gasteiger partial charge in [-0.1, -0.05) is 19.3 Å². The summed E-state index contributed by atoms with van der Waals surface area (Å²) in [5.41, 5.74) is 0. The van der Waals surface area contributed by atoms with Crippen LogP contribution in [0, 0.1) is 5.92 Å². The molecule has 1 N–H and O–H groups in total. The van der Waals surface area contributed by atoms with E-state index in [4.69, 9.17) is 9.47 Å². The van der Waals surface area contributed by atoms with Crippen molar-refractivity contribution < 1.29 is 9.47 Å². The molecule has 1 atom stereocenters. The van der Waals surface area contributed by atoms with Crippen molar-refractivity contribution in [2.24, 2.45) is 5.92 Å². The third kappa shape index (κ3) is 3.23. The molecule has 0 aromatic rings. The van der Waals surface area contributed by atoms with Gasteiger partial charge in [-0.3, -0.25) is 0 Å². The first-order valence-corrected chi connectivity index (χ1v) is 5.85. The highest BCUT2D eigenvalue weighted by molar-refractivity contribution is 4.69. The minimum atomic E-state index is 0.283. The number of hydrogen-bond acceptors (Lipinski definition) is 3. The van der Waals surface area contributed by atoms with E-state index in [2.05, 4.69) is 5.32 Å². The fraction of sp³-hybridized carbons (Fsp3) is 1.00. The fourth-order valence-electron chi connectivity index (χ4n) is 1.97. The van der Waals surface area contributed by atoms with Crippen LogP contribution < -0.4 is 5.32 Å². The Hall–Kier alpha value is -0.120. The molecule has 2 aliphatic rings. The van der Waals surface area contributed by atoms with Gasteiger partial charge in [0.05, 0.1) is 19.3 Å². The predicted molar refractivity (Wildman–Crippen MR) is 55.4 cm³/mol. The molecule has 14 heavy (non-hydrogen) atoms. The van der Waals surface area contributed by atoms with Gasteiger partial charge in [-0.25, -0.2) is 0 Å². The molecule has 0 bridgehead atoms. The third-order valence-electron chi connectivity index (χ3n) is 3.20. The number of morpholine rings is 1. The number of nitrogens with one attached hydrogen (secondary N) is 1. The van der Waals surface area contributed by atoms with Gasteiger partial charge >= 0.3 is 0 Å². The van der Waals surface area contributed by atoms with Crippen LogP contribution in [0.25, 0.3) is 0 Å². The largest absolute Gasteiger partial charge is 0.379 e. The number of ether oxygens (including phenoxy) is 2. The van der Waals surface area contributed by atoms with E-state index < -0.39 is 0 Å². The smallest absolute Gasteiger partial charge is 0.0933 e. The lowest BCUT2D eigenvalue weighted by atomic mass is 9.83. The van der Waals surface area contributed by atoms with Gasteiger partial charge in [-0.2, -0.15) is 0 Å². The van der Waals surface area contributed by atoms with Crippen LogP contribution in [0.5, 0.6) is 0 Å². The molecule has 1 saturated carbocycles. The Morgan fingerprint density at radius 3 is 2.93 bits per heavy atom. The van der Waals surface area contributed by atoms with Crippen LogP contribution in [0.2, 0.25) is 0 Å². The first-order valence-electron chi connectivity index (χ1n) is 5.85. The topological polar surface area (TPSA) is 30.5 Å². The van der Waals surface area contributed by atoms with Gasteiger partial charge in [0.15, 0.2) is 0 Å². The van der Waals surface area contributed by atoms with Crippen LogP contribution in [-0.2, 0) is 9.47 Å². The van der Waals surface area contributed by atoms with Crippen LogP contribution >= 0.6 is 0 Å². The van der Waals surface area contributed by atoms with Crippen LogP contribution in [-0.4, -0.2) is 39.0 Å². The van der Waals surface area contributed by atoms with E-state index in [1.54, 1.807) is 0 Å². The molecule has 1 heterocycles. The second-order valence-electron chi connectivity index (χ2n) is 4.36. The lowest BCUT2D eigenvalue weighted by Gasteiger charge is -2.26. The Morgan fingerprint density at radius 2 is 2.29 bits per heavy atom. The lowest BCUT2D eigenvalue weighted by molar-refractivity contribution is -0.0347. The first kappa shape index (κ1) is 10.4. The van der Waals surface area contributed by atoms with Gasteiger partial charge < -0.3 is 14.8 Å². The molecule has 0 radical (unpaired) electrons. The Balaban J connectivity index is 1.45. The second-order valence-corrected chi connectivity index (χ2v) is 4.36. The molecule has 1 aliphatic carbocycles. The summed E-state index contributed by atoms with van der Waals surface area (Å²) in [6.45, 7) is 4.45. The molecular formula is C11H21NO2. The highest BCUT2D eigenvalue weighted by atomic mass is 16.5. The predicted octanol–water partition coefficient (Wildman–Crippen LogP) is 1.18. The van der Waals surface area contributed by atoms with E-state index in [-0.39, 0.29) is 6.10 Å². The molecule has 0 amide bonds. The zero-order chi connectivity index (χ0) is 9.64. The maximum atomic E-state index is 5.61. The maximum Gasteiger partial charge on any atom is 0.0933 e. The standard InChI is InChI=1S/C11H21NO2/c1-2-10(3-1)4-6-13-9-11-8-12-5-7-14-11/h10-12H,1-9H2. The molecular weight excluding hydrogens is 178 g/mol. The van der Waals surface area contributed by atoms with Gasteiger partial charge in [-0.15, -0.1) is 0 Å². The number of rotatable bonds is 5. The molecule has 0 aromatic heterocycles. The maximum absolute atomic E-state index is 5.61. The molecule has 1 saturated heterocycles. The summed E-state index contributed by atoms with van der Waals surface area (Å²) >= 11 is 0. The Morgan fingerprint density at radius 1 is 1.36 bits per heavy atom. The summed E-state index contributed by atoms with van der Waals surface area (Å²) in [6, 6.07) is 0. The van der Waals surface area contributed by atoms with Crippen molar-refractivity contribution in [1.29, 1.82) is 0 Å². The van der Waals surface area contributed by atoms with Gasteiger partial charge in [-0.05, 0) is 12.3 Å². The summed E-state index contributed by atoms with van der Waals surface area (Å²) in [4.78, 5) is 0. The molecule has 0 aromatic carbocycles. The van der Waals surface area contributed by atoms with E-state index in [1.165, 1.54) is 25.7 Å². The summed E-state index contributed by atoms with van der Waals surface area (Å²) in [6.07, 6.45) is 5.81. The molecule has 3 nitrogen and oxygen atoms in total. The molecule has 0 spiro atoms. The van der Waals surface area contributed by atoms with E-state index >= 15 is 0 Å². The zero-order valence-electron chi connectivity index (χ0n) is 8.84. The molecule has 82 valence electrons. The van der Waals surface area contributed by atoms with E-state index in [1.807, 2.05) is 0 Å². The van der Waals surface area contributed by atoms with Crippen molar-refractivity contribution in [3.8, 4) is 0 Å². The summed E-state index contributed by atoms with van der Waals surface area (Å²) in [5.74, 6) is 0.959. The molecule has 1 aliphatic heterocycles. The zero-order valence-corrected chi connectivity index (χ0v) is 8.84.